The maximum absolute atomic E-state index is 2.33. The molecular weight excluding hydrogens is 284 g/mol. The second kappa shape index (κ2) is 8.50. The zero-order valence-electron chi connectivity index (χ0n) is 10.8. The first-order valence-electron chi connectivity index (χ1n) is 5.82. The van der Waals surface area contributed by atoms with E-state index in [0.29, 0.717) is 0 Å². The van der Waals surface area contributed by atoms with Crippen LogP contribution in [-0.2, 0) is 0 Å². The largest absolute Gasteiger partial charge is 0.0622 e. The van der Waals surface area contributed by atoms with Crippen LogP contribution in [0.3, 0.4) is 0 Å². The van der Waals surface area contributed by atoms with E-state index in [4.69, 9.17) is 0 Å². The van der Waals surface area contributed by atoms with Gasteiger partial charge in [0.05, 0.1) is 0 Å². The van der Waals surface area contributed by atoms with Gasteiger partial charge in [-0.15, -0.1) is 0 Å². The van der Waals surface area contributed by atoms with Gasteiger partial charge in [-0.1, -0.05) is 69.2 Å². The number of hydrogen-bond donors (Lipinski definition) is 0. The molecule has 0 fully saturated rings. The number of benzene rings is 2. The van der Waals surface area contributed by atoms with Crippen molar-refractivity contribution in [2.24, 2.45) is 0 Å². The van der Waals surface area contributed by atoms with Gasteiger partial charge in [0.25, 0.3) is 0 Å². The zero-order chi connectivity index (χ0) is 12.5. The van der Waals surface area contributed by atoms with Crippen LogP contribution >= 0.6 is 8.58 Å². The van der Waals surface area contributed by atoms with Crippen molar-refractivity contribution < 1.29 is 0 Å². The van der Waals surface area contributed by atoms with Crippen LogP contribution < -0.4 is 10.6 Å². The molecule has 2 heteroatoms. The van der Waals surface area contributed by atoms with Crippen LogP contribution in [0.5, 0.6) is 0 Å². The fraction of sp³-hybridized carbons (Fsp3) is 0.200. The molecular formula is C15H20GeP. The van der Waals surface area contributed by atoms with E-state index < -0.39 is 0 Å². The summed E-state index contributed by atoms with van der Waals surface area (Å²) in [4.78, 5) is 0. The van der Waals surface area contributed by atoms with Gasteiger partial charge >= 0.3 is 31.6 Å². The summed E-state index contributed by atoms with van der Waals surface area (Å²) in [7, 11) is 0.777. The number of rotatable bonds is 2. The third-order valence-corrected chi connectivity index (χ3v) is 3.08. The van der Waals surface area contributed by atoms with Gasteiger partial charge in [-0.2, -0.15) is 0 Å². The van der Waals surface area contributed by atoms with E-state index in [2.05, 4.69) is 77.9 Å². The van der Waals surface area contributed by atoms with Gasteiger partial charge in [-0.25, -0.2) is 0 Å². The topological polar surface area (TPSA) is 0 Å². The van der Waals surface area contributed by atoms with Crippen molar-refractivity contribution in [3.8, 4) is 0 Å². The Morgan fingerprint density at radius 1 is 0.647 bits per heavy atom. The fourth-order valence-corrected chi connectivity index (χ4v) is 2.26. The smallest absolute Gasteiger partial charge is 0.0226 e. The fourth-order valence-electron chi connectivity index (χ4n) is 1.21. The summed E-state index contributed by atoms with van der Waals surface area (Å²) >= 11 is -0.333. The summed E-state index contributed by atoms with van der Waals surface area (Å²) in [6.45, 7) is 0. The maximum atomic E-state index is 2.33. The van der Waals surface area contributed by atoms with E-state index in [9.17, 15) is 0 Å². The minimum atomic E-state index is -0.333. The molecule has 0 spiro atoms. The first-order chi connectivity index (χ1) is 8.18. The van der Waals surface area contributed by atoms with Gasteiger partial charge in [-0.05, 0) is 10.6 Å². The Balaban J connectivity index is 0.000000317. The molecule has 0 aliphatic carbocycles. The third-order valence-electron chi connectivity index (χ3n) is 1.84. The van der Waals surface area contributed by atoms with Crippen molar-refractivity contribution >= 4 is 33.5 Å². The van der Waals surface area contributed by atoms with Gasteiger partial charge in [0.15, 0.2) is 0 Å². The van der Waals surface area contributed by atoms with E-state index in [-0.39, 0.29) is 14.3 Å². The average Bonchev–Trinajstić information content (AvgIpc) is 2.31. The molecule has 17 heavy (non-hydrogen) atoms. The second-order valence-electron chi connectivity index (χ2n) is 4.36. The minimum Gasteiger partial charge on any atom is -0.0622 e. The monoisotopic (exact) mass is 305 g/mol. The minimum absolute atomic E-state index is 0.333. The zero-order valence-corrected chi connectivity index (χ0v) is 13.9. The van der Waals surface area contributed by atoms with E-state index in [1.165, 1.54) is 10.6 Å². The quantitative estimate of drug-likeness (QED) is 0.586. The summed E-state index contributed by atoms with van der Waals surface area (Å²) < 4.78 is 0. The molecule has 2 aromatic carbocycles. The Hall–Kier alpha value is -0.587. The molecule has 0 unspecified atom stereocenters. The Bertz CT molecular complexity index is 358. The molecule has 1 radical (unpaired) electrons. The summed E-state index contributed by atoms with van der Waals surface area (Å²) in [5, 5.41) is 2.79. The Kier molecular flexibility index (Phi) is 7.23. The molecule has 0 N–H and O–H groups in total. The van der Waals surface area contributed by atoms with E-state index >= 15 is 0 Å². The molecule has 89 valence electrons. The second-order valence-corrected chi connectivity index (χ2v) is 12.1. The van der Waals surface area contributed by atoms with Crippen molar-refractivity contribution in [2.75, 3.05) is 0 Å². The van der Waals surface area contributed by atoms with Gasteiger partial charge in [0.2, 0.25) is 0 Å². The first-order valence-corrected chi connectivity index (χ1v) is 13.1. The maximum Gasteiger partial charge on any atom is -0.0226 e. The molecule has 0 atom stereocenters. The van der Waals surface area contributed by atoms with Gasteiger partial charge < -0.3 is 0 Å². The standard InChI is InChI=1S/C12H11P.C3H9Ge/c1-3-7-11(8-4-1)13-12-9-5-2-6-10-12;1-4(2)3/h1-10,13H;1-3H3. The molecule has 0 saturated heterocycles. The molecule has 0 bridgehead atoms. The third kappa shape index (κ3) is 7.36. The summed E-state index contributed by atoms with van der Waals surface area (Å²) in [6.07, 6.45) is 0. The van der Waals surface area contributed by atoms with Crippen molar-refractivity contribution in [3.05, 3.63) is 60.7 Å². The normalized spacial score (nSPS) is 9.65. The van der Waals surface area contributed by atoms with Crippen LogP contribution in [-0.4, -0.2) is 14.3 Å². The number of hydrogen-bond acceptors (Lipinski definition) is 0. The van der Waals surface area contributed by atoms with Crippen molar-refractivity contribution in [3.63, 3.8) is 0 Å². The molecule has 0 aliphatic rings. The summed E-state index contributed by atoms with van der Waals surface area (Å²) in [5.74, 6) is 7.00. The van der Waals surface area contributed by atoms with Crippen LogP contribution in [0.2, 0.25) is 17.3 Å². The van der Waals surface area contributed by atoms with E-state index in [1.807, 2.05) is 0 Å². The molecule has 0 amide bonds. The SMILES string of the molecule is [CH3][Ge]([CH3])[CH3].c1ccc(Pc2ccccc2)cc1. The van der Waals surface area contributed by atoms with Crippen LogP contribution in [0, 0.1) is 0 Å². The van der Waals surface area contributed by atoms with Crippen molar-refractivity contribution in [1.29, 1.82) is 0 Å². The Labute approximate surface area is 111 Å². The van der Waals surface area contributed by atoms with Crippen LogP contribution in [0.4, 0.5) is 0 Å². The van der Waals surface area contributed by atoms with Crippen LogP contribution in [0.15, 0.2) is 60.7 Å². The predicted octanol–water partition coefficient (Wildman–Crippen LogP) is 3.69. The van der Waals surface area contributed by atoms with Gasteiger partial charge in [0, 0.05) is 0 Å². The van der Waals surface area contributed by atoms with Crippen molar-refractivity contribution in [2.45, 2.75) is 17.3 Å². The average molecular weight is 304 g/mol. The first kappa shape index (κ1) is 14.5. The summed E-state index contributed by atoms with van der Waals surface area (Å²) in [6, 6.07) is 21.2. The van der Waals surface area contributed by atoms with Crippen LogP contribution in [0.25, 0.3) is 0 Å². The Morgan fingerprint density at radius 3 is 1.24 bits per heavy atom. The van der Waals surface area contributed by atoms with Crippen LogP contribution in [0.1, 0.15) is 0 Å². The van der Waals surface area contributed by atoms with E-state index in [1.54, 1.807) is 0 Å². The molecule has 0 aromatic heterocycles. The molecule has 0 aliphatic heterocycles. The van der Waals surface area contributed by atoms with Crippen molar-refractivity contribution in [1.82, 2.24) is 0 Å². The van der Waals surface area contributed by atoms with Gasteiger partial charge in [-0.3, -0.25) is 0 Å². The molecule has 0 nitrogen and oxygen atoms in total. The molecule has 0 heterocycles. The summed E-state index contributed by atoms with van der Waals surface area (Å²) in [5.41, 5.74) is 0. The molecule has 2 rings (SSSR count). The Morgan fingerprint density at radius 2 is 0.941 bits per heavy atom. The molecule has 2 aromatic rings. The van der Waals surface area contributed by atoms with Gasteiger partial charge in [0.1, 0.15) is 0 Å². The molecule has 0 saturated carbocycles. The predicted molar refractivity (Wildman–Crippen MR) is 83.8 cm³/mol. The van der Waals surface area contributed by atoms with E-state index in [0.717, 1.165) is 8.58 Å².